The zero-order valence-electron chi connectivity index (χ0n) is 17.3. The highest BCUT2D eigenvalue weighted by atomic mass is 16.5. The van der Waals surface area contributed by atoms with Crippen LogP contribution in [0.25, 0.3) is 0 Å². The number of esters is 1. The van der Waals surface area contributed by atoms with Crippen LogP contribution in [-0.4, -0.2) is 49.0 Å². The van der Waals surface area contributed by atoms with Crippen molar-refractivity contribution in [3.05, 3.63) is 42.5 Å². The molecule has 1 saturated heterocycles. The van der Waals surface area contributed by atoms with Crippen molar-refractivity contribution < 1.29 is 19.1 Å². The third-order valence-electron chi connectivity index (χ3n) is 5.22. The lowest BCUT2D eigenvalue weighted by molar-refractivity contribution is -0.122. The SMILES string of the molecule is C=CCNC(=O)CC1CCN(C(=O)Nc2cccc(C(=O)OCC)c2)CC1CC. The molecule has 1 fully saturated rings. The Kier molecular flexibility index (Phi) is 8.70. The second kappa shape index (κ2) is 11.2. The minimum Gasteiger partial charge on any atom is -0.462 e. The lowest BCUT2D eigenvalue weighted by atomic mass is 9.81. The lowest BCUT2D eigenvalue weighted by Crippen LogP contribution is -2.46. The van der Waals surface area contributed by atoms with Crippen LogP contribution in [0.4, 0.5) is 10.5 Å². The van der Waals surface area contributed by atoms with Gasteiger partial charge in [-0.25, -0.2) is 9.59 Å². The van der Waals surface area contributed by atoms with Crippen molar-refractivity contribution in [2.24, 2.45) is 11.8 Å². The minimum absolute atomic E-state index is 0.0297. The number of rotatable bonds is 8. The number of likely N-dealkylation sites (tertiary alicyclic amines) is 1. The molecule has 2 N–H and O–H groups in total. The number of piperidine rings is 1. The third kappa shape index (κ3) is 6.62. The summed E-state index contributed by atoms with van der Waals surface area (Å²) in [6.45, 7) is 9.43. The summed E-state index contributed by atoms with van der Waals surface area (Å²) in [4.78, 5) is 38.4. The van der Waals surface area contributed by atoms with Crippen molar-refractivity contribution in [3.63, 3.8) is 0 Å². The van der Waals surface area contributed by atoms with Crippen LogP contribution in [-0.2, 0) is 9.53 Å². The Morgan fingerprint density at radius 1 is 1.28 bits per heavy atom. The van der Waals surface area contributed by atoms with Gasteiger partial charge in [-0.1, -0.05) is 25.5 Å². The van der Waals surface area contributed by atoms with E-state index < -0.39 is 5.97 Å². The zero-order chi connectivity index (χ0) is 21.2. The number of anilines is 1. The summed E-state index contributed by atoms with van der Waals surface area (Å²) >= 11 is 0. The Bertz CT molecular complexity index is 735. The Morgan fingerprint density at radius 2 is 2.07 bits per heavy atom. The first-order chi connectivity index (χ1) is 14.0. The van der Waals surface area contributed by atoms with Crippen LogP contribution in [0.2, 0.25) is 0 Å². The number of urea groups is 1. The molecule has 0 saturated carbocycles. The molecule has 2 atom stereocenters. The summed E-state index contributed by atoms with van der Waals surface area (Å²) in [5.74, 6) is 0.156. The van der Waals surface area contributed by atoms with Crippen molar-refractivity contribution in [1.82, 2.24) is 10.2 Å². The van der Waals surface area contributed by atoms with Gasteiger partial charge in [0.1, 0.15) is 0 Å². The highest BCUT2D eigenvalue weighted by Gasteiger charge is 2.31. The van der Waals surface area contributed by atoms with Gasteiger partial charge in [0.15, 0.2) is 0 Å². The monoisotopic (exact) mass is 401 g/mol. The standard InChI is InChI=1S/C22H31N3O4/c1-4-11-23-20(26)14-17-10-12-25(15-16(17)5-2)22(28)24-19-9-7-8-18(13-19)21(27)29-6-3/h4,7-9,13,16-17H,1,5-6,10-12,14-15H2,2-3H3,(H,23,26)(H,24,28). The first kappa shape index (κ1) is 22.5. The molecule has 158 valence electrons. The molecule has 1 aromatic carbocycles. The predicted octanol–water partition coefficient (Wildman–Crippen LogP) is 3.44. The summed E-state index contributed by atoms with van der Waals surface area (Å²) in [5, 5.41) is 5.69. The fourth-order valence-electron chi connectivity index (χ4n) is 3.63. The van der Waals surface area contributed by atoms with Crippen LogP contribution in [0.5, 0.6) is 0 Å². The maximum absolute atomic E-state index is 12.7. The molecule has 2 rings (SSSR count). The highest BCUT2D eigenvalue weighted by Crippen LogP contribution is 2.29. The van der Waals surface area contributed by atoms with Crippen molar-refractivity contribution in [2.45, 2.75) is 33.1 Å². The summed E-state index contributed by atoms with van der Waals surface area (Å²) in [6, 6.07) is 6.53. The van der Waals surface area contributed by atoms with Crippen molar-refractivity contribution in [3.8, 4) is 0 Å². The first-order valence-electron chi connectivity index (χ1n) is 10.2. The molecule has 1 aliphatic heterocycles. The van der Waals surface area contributed by atoms with Gasteiger partial charge in [0.2, 0.25) is 5.91 Å². The fraction of sp³-hybridized carbons (Fsp3) is 0.500. The van der Waals surface area contributed by atoms with E-state index in [2.05, 4.69) is 24.1 Å². The average molecular weight is 402 g/mol. The molecule has 7 heteroatoms. The second-order valence-electron chi connectivity index (χ2n) is 7.19. The van der Waals surface area contributed by atoms with Crippen LogP contribution in [0.3, 0.4) is 0 Å². The van der Waals surface area contributed by atoms with E-state index in [1.807, 2.05) is 0 Å². The second-order valence-corrected chi connectivity index (χ2v) is 7.19. The van der Waals surface area contributed by atoms with Gasteiger partial charge in [0, 0.05) is 31.7 Å². The van der Waals surface area contributed by atoms with E-state index in [-0.39, 0.29) is 23.8 Å². The highest BCUT2D eigenvalue weighted by molar-refractivity contribution is 5.94. The van der Waals surface area contributed by atoms with Gasteiger partial charge >= 0.3 is 12.0 Å². The molecule has 7 nitrogen and oxygen atoms in total. The zero-order valence-corrected chi connectivity index (χ0v) is 17.3. The molecule has 1 aliphatic rings. The Labute approximate surface area is 172 Å². The molecule has 29 heavy (non-hydrogen) atoms. The number of carbonyl (C=O) groups excluding carboxylic acids is 3. The Balaban J connectivity index is 1.94. The maximum atomic E-state index is 12.7. The normalized spacial score (nSPS) is 18.6. The molecular weight excluding hydrogens is 370 g/mol. The molecular formula is C22H31N3O4. The van der Waals surface area contributed by atoms with E-state index >= 15 is 0 Å². The van der Waals surface area contributed by atoms with E-state index in [4.69, 9.17) is 4.74 Å². The largest absolute Gasteiger partial charge is 0.462 e. The average Bonchev–Trinajstić information content (AvgIpc) is 2.72. The van der Waals surface area contributed by atoms with Crippen LogP contribution < -0.4 is 10.6 Å². The quantitative estimate of drug-likeness (QED) is 0.516. The summed E-state index contributed by atoms with van der Waals surface area (Å²) in [7, 11) is 0. The van der Waals surface area contributed by atoms with Gasteiger partial charge in [0.05, 0.1) is 12.2 Å². The number of amides is 3. The number of hydrogen-bond acceptors (Lipinski definition) is 4. The predicted molar refractivity (Wildman–Crippen MR) is 113 cm³/mol. The van der Waals surface area contributed by atoms with Crippen molar-refractivity contribution in [2.75, 3.05) is 31.6 Å². The number of benzene rings is 1. The van der Waals surface area contributed by atoms with E-state index in [1.54, 1.807) is 42.2 Å². The lowest BCUT2D eigenvalue weighted by Gasteiger charge is -2.38. The van der Waals surface area contributed by atoms with E-state index in [9.17, 15) is 14.4 Å². The van der Waals surface area contributed by atoms with E-state index in [0.717, 1.165) is 12.8 Å². The molecule has 2 unspecified atom stereocenters. The van der Waals surface area contributed by atoms with Crippen LogP contribution in [0.15, 0.2) is 36.9 Å². The Morgan fingerprint density at radius 3 is 2.76 bits per heavy atom. The number of nitrogens with zero attached hydrogens (tertiary/aromatic N) is 1. The maximum Gasteiger partial charge on any atom is 0.338 e. The van der Waals surface area contributed by atoms with Gasteiger partial charge in [-0.05, 0) is 43.4 Å². The summed E-state index contributed by atoms with van der Waals surface area (Å²) in [5.41, 5.74) is 0.958. The smallest absolute Gasteiger partial charge is 0.338 e. The van der Waals surface area contributed by atoms with Gasteiger partial charge in [0.25, 0.3) is 0 Å². The van der Waals surface area contributed by atoms with Gasteiger partial charge in [-0.15, -0.1) is 6.58 Å². The molecule has 0 radical (unpaired) electrons. The topological polar surface area (TPSA) is 87.7 Å². The van der Waals surface area contributed by atoms with Gasteiger partial charge < -0.3 is 20.3 Å². The summed E-state index contributed by atoms with van der Waals surface area (Å²) in [6.07, 6.45) is 3.83. The molecule has 0 bridgehead atoms. The fourth-order valence-corrected chi connectivity index (χ4v) is 3.63. The molecule has 0 aromatic heterocycles. The summed E-state index contributed by atoms with van der Waals surface area (Å²) < 4.78 is 5.00. The number of nitrogens with one attached hydrogen (secondary N) is 2. The molecule has 0 spiro atoms. The molecule has 0 aliphatic carbocycles. The number of carbonyl (C=O) groups is 3. The van der Waals surface area contributed by atoms with Gasteiger partial charge in [-0.2, -0.15) is 0 Å². The van der Waals surface area contributed by atoms with Gasteiger partial charge in [-0.3, -0.25) is 4.79 Å². The first-order valence-corrected chi connectivity index (χ1v) is 10.2. The van der Waals surface area contributed by atoms with Crippen molar-refractivity contribution in [1.29, 1.82) is 0 Å². The number of ether oxygens (including phenoxy) is 1. The van der Waals surface area contributed by atoms with Crippen LogP contribution in [0.1, 0.15) is 43.5 Å². The molecule has 3 amide bonds. The number of hydrogen-bond donors (Lipinski definition) is 2. The minimum atomic E-state index is -0.412. The van der Waals surface area contributed by atoms with Crippen LogP contribution in [0, 0.1) is 11.8 Å². The van der Waals surface area contributed by atoms with E-state index in [1.165, 1.54) is 0 Å². The Hall–Kier alpha value is -2.83. The van der Waals surface area contributed by atoms with E-state index in [0.29, 0.717) is 43.9 Å². The molecule has 1 heterocycles. The van der Waals surface area contributed by atoms with Crippen LogP contribution >= 0.6 is 0 Å². The van der Waals surface area contributed by atoms with Crippen molar-refractivity contribution >= 4 is 23.6 Å². The third-order valence-corrected chi connectivity index (χ3v) is 5.22. The molecule has 1 aromatic rings.